The van der Waals surface area contributed by atoms with Crippen molar-refractivity contribution in [3.05, 3.63) is 131 Å². The Morgan fingerprint density at radius 3 is 1.18 bits per heavy atom. The van der Waals surface area contributed by atoms with E-state index in [0.717, 1.165) is 99.3 Å². The highest BCUT2D eigenvalue weighted by Gasteiger charge is 2.42. The third kappa shape index (κ3) is 16.9. The van der Waals surface area contributed by atoms with Gasteiger partial charge in [0.25, 0.3) is 11.8 Å². The van der Waals surface area contributed by atoms with Gasteiger partial charge in [-0.2, -0.15) is 0 Å². The van der Waals surface area contributed by atoms with Gasteiger partial charge in [-0.1, -0.05) is 111 Å². The van der Waals surface area contributed by atoms with Crippen molar-refractivity contribution in [3.63, 3.8) is 0 Å². The van der Waals surface area contributed by atoms with E-state index in [1.807, 2.05) is 70.5 Å². The number of likely N-dealkylation sites (tertiary alicyclic amines) is 2. The van der Waals surface area contributed by atoms with Crippen LogP contribution >= 0.6 is 0 Å². The Balaban J connectivity index is 0.859. The predicted octanol–water partition coefficient (Wildman–Crippen LogP) is 5.50. The first-order valence-electron chi connectivity index (χ1n) is 30.7. The zero-order valence-electron chi connectivity index (χ0n) is 49.6. The Kier molecular flexibility index (Phi) is 23.0. The van der Waals surface area contributed by atoms with Gasteiger partial charge < -0.3 is 51.5 Å². The number of carbonyl (C=O) groups is 8. The third-order valence-corrected chi connectivity index (χ3v) is 17.9. The molecule has 0 aromatic heterocycles. The average Bonchev–Trinajstić information content (AvgIpc) is 4.45. The molecule has 6 atom stereocenters. The number of likely N-dealkylation sites (N-methyl/N-ethyl adjacent to an activating group) is 2. The first kappa shape index (κ1) is 62.6. The summed E-state index contributed by atoms with van der Waals surface area (Å²) in [6.07, 6.45) is 11.8. The molecule has 450 valence electrons. The molecule has 18 heteroatoms. The van der Waals surface area contributed by atoms with Gasteiger partial charge in [-0.25, -0.2) is 0 Å². The molecule has 0 unspecified atom stereocenters. The smallest absolute Gasteiger partial charge is 0.251 e. The number of nitrogens with zero attached hydrogens (tertiary/aromatic N) is 4. The van der Waals surface area contributed by atoms with Crippen LogP contribution in [0.1, 0.15) is 123 Å². The molecule has 84 heavy (non-hydrogen) atoms. The summed E-state index contributed by atoms with van der Waals surface area (Å²) in [6.45, 7) is 5.57. The molecule has 2 aliphatic carbocycles. The highest BCUT2D eigenvalue weighted by molar-refractivity contribution is 5.98. The lowest BCUT2D eigenvalue weighted by Gasteiger charge is -2.35. The van der Waals surface area contributed by atoms with E-state index in [4.69, 9.17) is 0 Å². The van der Waals surface area contributed by atoms with Crippen LogP contribution in [-0.2, 0) is 41.6 Å². The van der Waals surface area contributed by atoms with E-state index in [2.05, 4.69) is 31.9 Å². The zero-order valence-corrected chi connectivity index (χ0v) is 49.6. The van der Waals surface area contributed by atoms with E-state index in [9.17, 15) is 38.4 Å². The van der Waals surface area contributed by atoms with Crippen molar-refractivity contribution in [1.82, 2.24) is 51.5 Å². The van der Waals surface area contributed by atoms with Crippen LogP contribution < -0.4 is 31.9 Å². The van der Waals surface area contributed by atoms with E-state index in [1.54, 1.807) is 86.3 Å². The van der Waals surface area contributed by atoms with Gasteiger partial charge in [0.1, 0.15) is 12.1 Å². The second kappa shape index (κ2) is 30.9. The molecule has 4 aliphatic rings. The molecule has 2 saturated heterocycles. The highest BCUT2D eigenvalue weighted by atomic mass is 16.2. The second-order valence-corrected chi connectivity index (χ2v) is 23.4. The van der Waals surface area contributed by atoms with Crippen molar-refractivity contribution < 1.29 is 38.4 Å². The van der Waals surface area contributed by atoms with Crippen molar-refractivity contribution >= 4 is 47.3 Å². The number of amides is 8. The molecular weight excluding hydrogens is 1060 g/mol. The summed E-state index contributed by atoms with van der Waals surface area (Å²) in [4.78, 5) is 118. The molecule has 0 radical (unpaired) electrons. The molecule has 4 aromatic rings. The molecule has 4 fully saturated rings. The standard InChI is InChI=1S/C66H88N10O8/c1-45(67-3)61(79)71-59(51-21-11-12-22-51)65(83)75-37-15-25-55(75)43-73(39-35-47-17-7-5-8-18-47)57(77)41-69-63(81)53-31-27-49(28-32-53)50-29-33-54(34-30-50)64(82)70-42-58(78)74(40-36-48-19-9-6-10-20-48)44-56-26-16-38-76(56)66(84)60(52-23-13-14-24-52)72-62(80)46(2)68-4/h5-10,17-20,27-34,45-46,51-52,55-56,59-60,67-68H,11-16,21-26,35-44H2,1-4H3,(H,69,81)(H,70,82)(H,71,79)(H,72,80)/t45-,46-,55-,56+,59-,60-/m0/s1. The monoisotopic (exact) mass is 1150 g/mol. The summed E-state index contributed by atoms with van der Waals surface area (Å²) >= 11 is 0. The summed E-state index contributed by atoms with van der Waals surface area (Å²) < 4.78 is 0. The molecule has 0 bridgehead atoms. The van der Waals surface area contributed by atoms with Crippen LogP contribution in [-0.4, -0.2) is 170 Å². The quantitative estimate of drug-likeness (QED) is 0.0440. The molecular formula is C66H88N10O8. The fourth-order valence-electron chi connectivity index (χ4n) is 12.5. The lowest BCUT2D eigenvalue weighted by molar-refractivity contribution is -0.140. The molecule has 6 N–H and O–H groups in total. The summed E-state index contributed by atoms with van der Waals surface area (Å²) in [7, 11) is 3.44. The SMILES string of the molecule is CN[C@@H](C)C(=O)N[C@H](C(=O)N1CCC[C@@H]1CN(CCc1ccccc1)C(=O)CNC(=O)c1ccc(-c2ccc(C(=O)NCC(=O)N(CCc3ccccc3)C[C@@H]3CCCN3C(=O)[C@@H](NC(=O)[C@H](C)NC)C3CCCC3)cc2)cc1)C1CCCC1. The molecule has 2 aliphatic heterocycles. The van der Waals surface area contributed by atoms with Crippen LogP contribution in [0.4, 0.5) is 0 Å². The Hall–Kier alpha value is -7.44. The molecule has 8 amide bonds. The fraction of sp³-hybridized carbons (Fsp3) is 0.515. The van der Waals surface area contributed by atoms with Crippen LogP contribution in [0.15, 0.2) is 109 Å². The van der Waals surface area contributed by atoms with Gasteiger partial charge in [0.15, 0.2) is 0 Å². The van der Waals surface area contributed by atoms with Crippen molar-refractivity contribution in [2.45, 2.75) is 140 Å². The number of nitrogens with one attached hydrogen (secondary N) is 6. The average molecular weight is 1150 g/mol. The molecule has 2 saturated carbocycles. The summed E-state index contributed by atoms with van der Waals surface area (Å²) in [5, 5.41) is 17.8. The molecule has 0 spiro atoms. The topological polar surface area (TPSA) is 222 Å². The normalized spacial score (nSPS) is 18.6. The summed E-state index contributed by atoms with van der Waals surface area (Å²) in [5.41, 5.74) is 4.47. The summed E-state index contributed by atoms with van der Waals surface area (Å²) in [6, 6.07) is 31.2. The van der Waals surface area contributed by atoms with Crippen LogP contribution in [0.2, 0.25) is 0 Å². The minimum absolute atomic E-state index is 0.0592. The number of hydrogen-bond donors (Lipinski definition) is 6. The number of hydrogen-bond acceptors (Lipinski definition) is 10. The van der Waals surface area contributed by atoms with Crippen LogP contribution in [0.3, 0.4) is 0 Å². The van der Waals surface area contributed by atoms with Gasteiger partial charge in [0.2, 0.25) is 35.4 Å². The van der Waals surface area contributed by atoms with Crippen molar-refractivity contribution in [1.29, 1.82) is 0 Å². The van der Waals surface area contributed by atoms with Gasteiger partial charge in [-0.05, 0) is 151 Å². The summed E-state index contributed by atoms with van der Waals surface area (Å²) in [5.74, 6) is -1.84. The largest absolute Gasteiger partial charge is 0.343 e. The van der Waals surface area contributed by atoms with E-state index in [1.165, 1.54) is 0 Å². The minimum atomic E-state index is -0.628. The Morgan fingerprint density at radius 1 is 0.476 bits per heavy atom. The molecule has 2 heterocycles. The first-order chi connectivity index (χ1) is 40.7. The Labute approximate surface area is 496 Å². The van der Waals surface area contributed by atoms with E-state index in [0.29, 0.717) is 63.2 Å². The van der Waals surface area contributed by atoms with Crippen molar-refractivity contribution in [2.75, 3.05) is 66.5 Å². The van der Waals surface area contributed by atoms with Crippen LogP contribution in [0.5, 0.6) is 0 Å². The lowest BCUT2D eigenvalue weighted by atomic mass is 9.96. The lowest BCUT2D eigenvalue weighted by Crippen LogP contribution is -2.57. The zero-order chi connectivity index (χ0) is 59.5. The fourth-order valence-corrected chi connectivity index (χ4v) is 12.5. The third-order valence-electron chi connectivity index (χ3n) is 17.9. The molecule has 18 nitrogen and oxygen atoms in total. The molecule has 4 aromatic carbocycles. The van der Waals surface area contributed by atoms with Gasteiger partial charge in [-0.15, -0.1) is 0 Å². The number of carbonyl (C=O) groups excluding carboxylic acids is 8. The molecule has 8 rings (SSSR count). The van der Waals surface area contributed by atoms with Gasteiger partial charge in [0, 0.05) is 62.5 Å². The maximum atomic E-state index is 14.4. The predicted molar refractivity (Wildman–Crippen MR) is 324 cm³/mol. The Bertz CT molecular complexity index is 2650. The van der Waals surface area contributed by atoms with Crippen LogP contribution in [0.25, 0.3) is 11.1 Å². The first-order valence-corrected chi connectivity index (χ1v) is 30.7. The van der Waals surface area contributed by atoms with Gasteiger partial charge >= 0.3 is 0 Å². The van der Waals surface area contributed by atoms with Gasteiger partial charge in [-0.3, -0.25) is 38.4 Å². The van der Waals surface area contributed by atoms with Crippen molar-refractivity contribution in [3.8, 4) is 11.1 Å². The maximum absolute atomic E-state index is 14.4. The Morgan fingerprint density at radius 2 is 0.833 bits per heavy atom. The van der Waals surface area contributed by atoms with Crippen LogP contribution in [0, 0.1) is 11.8 Å². The van der Waals surface area contributed by atoms with Crippen molar-refractivity contribution in [2.24, 2.45) is 11.8 Å². The number of benzene rings is 4. The highest BCUT2D eigenvalue weighted by Crippen LogP contribution is 2.33. The number of rotatable bonds is 27. The van der Waals surface area contributed by atoms with E-state index < -0.39 is 36.0 Å². The van der Waals surface area contributed by atoms with E-state index in [-0.39, 0.29) is 72.5 Å². The van der Waals surface area contributed by atoms with Gasteiger partial charge in [0.05, 0.1) is 25.2 Å². The maximum Gasteiger partial charge on any atom is 0.251 e. The van der Waals surface area contributed by atoms with E-state index >= 15 is 0 Å². The second-order valence-electron chi connectivity index (χ2n) is 23.4. The minimum Gasteiger partial charge on any atom is -0.343 e.